The quantitative estimate of drug-likeness (QED) is 0.911. The number of fused-ring (bicyclic) bond motifs is 1. The second-order valence-corrected chi connectivity index (χ2v) is 5.77. The van der Waals surface area contributed by atoms with E-state index in [0.29, 0.717) is 11.5 Å². The van der Waals surface area contributed by atoms with Crippen LogP contribution in [0, 0.1) is 0 Å². The second-order valence-electron chi connectivity index (χ2n) is 5.77. The van der Waals surface area contributed by atoms with Gasteiger partial charge in [-0.05, 0) is 43.8 Å². The van der Waals surface area contributed by atoms with Gasteiger partial charge in [0, 0.05) is 30.2 Å². The molecule has 4 heteroatoms. The standard InChI is InChI=1S/C16H22N2O2/c1-11(2)14-10-18(8-7-17(3)4)15-6-5-12(16(19)20)9-13(14)15/h5-6,9-11H,7-8H2,1-4H3,(H,19,20). The van der Waals surface area contributed by atoms with E-state index < -0.39 is 5.97 Å². The van der Waals surface area contributed by atoms with E-state index in [2.05, 4.69) is 43.6 Å². The average Bonchev–Trinajstić information content (AvgIpc) is 2.74. The summed E-state index contributed by atoms with van der Waals surface area (Å²) in [6.07, 6.45) is 2.16. The van der Waals surface area contributed by atoms with Crippen LogP contribution in [0.25, 0.3) is 10.9 Å². The van der Waals surface area contributed by atoms with E-state index in [-0.39, 0.29) is 0 Å². The van der Waals surface area contributed by atoms with Crippen molar-refractivity contribution in [2.75, 3.05) is 20.6 Å². The number of hydrogen-bond donors (Lipinski definition) is 1. The lowest BCUT2D eigenvalue weighted by Crippen LogP contribution is -2.17. The number of carboxylic acid groups (broad SMARTS) is 1. The first-order chi connectivity index (χ1) is 9.40. The minimum atomic E-state index is -0.873. The number of benzene rings is 1. The normalized spacial score (nSPS) is 11.7. The van der Waals surface area contributed by atoms with Crippen LogP contribution in [0.3, 0.4) is 0 Å². The molecule has 0 saturated heterocycles. The number of nitrogens with zero attached hydrogens (tertiary/aromatic N) is 2. The summed E-state index contributed by atoms with van der Waals surface area (Å²) in [5.74, 6) is -0.496. The third kappa shape index (κ3) is 2.85. The number of rotatable bonds is 5. The minimum Gasteiger partial charge on any atom is -0.478 e. The van der Waals surface area contributed by atoms with Gasteiger partial charge in [0.05, 0.1) is 5.56 Å². The first-order valence-corrected chi connectivity index (χ1v) is 6.91. The van der Waals surface area contributed by atoms with Crippen LogP contribution in [0.5, 0.6) is 0 Å². The summed E-state index contributed by atoms with van der Waals surface area (Å²) >= 11 is 0. The number of likely N-dealkylation sites (N-methyl/N-ethyl adjacent to an activating group) is 1. The van der Waals surface area contributed by atoms with Crippen molar-refractivity contribution in [1.82, 2.24) is 9.47 Å². The number of carboxylic acids is 1. The van der Waals surface area contributed by atoms with Gasteiger partial charge in [0.2, 0.25) is 0 Å². The zero-order valence-electron chi connectivity index (χ0n) is 12.6. The lowest BCUT2D eigenvalue weighted by atomic mass is 10.0. The predicted molar refractivity (Wildman–Crippen MR) is 81.5 cm³/mol. The van der Waals surface area contributed by atoms with Crippen molar-refractivity contribution < 1.29 is 9.90 Å². The van der Waals surface area contributed by atoms with Crippen molar-refractivity contribution in [1.29, 1.82) is 0 Å². The van der Waals surface area contributed by atoms with Gasteiger partial charge in [0.15, 0.2) is 0 Å². The van der Waals surface area contributed by atoms with E-state index in [0.717, 1.165) is 24.0 Å². The zero-order valence-corrected chi connectivity index (χ0v) is 12.6. The Balaban J connectivity index is 2.52. The van der Waals surface area contributed by atoms with E-state index in [1.807, 2.05) is 6.07 Å². The molecule has 0 atom stereocenters. The van der Waals surface area contributed by atoms with Crippen molar-refractivity contribution >= 4 is 16.9 Å². The maximum atomic E-state index is 11.1. The molecule has 1 aromatic carbocycles. The molecule has 2 rings (SSSR count). The molecule has 0 aliphatic rings. The van der Waals surface area contributed by atoms with Crippen molar-refractivity contribution in [3.63, 3.8) is 0 Å². The van der Waals surface area contributed by atoms with E-state index in [4.69, 9.17) is 5.11 Å². The van der Waals surface area contributed by atoms with Crippen LogP contribution in [-0.4, -0.2) is 41.2 Å². The highest BCUT2D eigenvalue weighted by molar-refractivity contribution is 5.95. The van der Waals surface area contributed by atoms with E-state index in [9.17, 15) is 4.79 Å². The molecule has 1 heterocycles. The predicted octanol–water partition coefficient (Wildman–Crippen LogP) is 3.02. The molecule has 0 radical (unpaired) electrons. The van der Waals surface area contributed by atoms with Gasteiger partial charge in [0.1, 0.15) is 0 Å². The van der Waals surface area contributed by atoms with Crippen LogP contribution in [0.1, 0.15) is 35.7 Å². The molecule has 0 spiro atoms. The molecule has 1 N–H and O–H groups in total. The van der Waals surface area contributed by atoms with Gasteiger partial charge in [0.25, 0.3) is 0 Å². The first-order valence-electron chi connectivity index (χ1n) is 6.91. The molecule has 108 valence electrons. The largest absolute Gasteiger partial charge is 0.478 e. The molecular weight excluding hydrogens is 252 g/mol. The molecular formula is C16H22N2O2. The molecule has 0 amide bonds. The molecule has 4 nitrogen and oxygen atoms in total. The monoisotopic (exact) mass is 274 g/mol. The van der Waals surface area contributed by atoms with Crippen LogP contribution >= 0.6 is 0 Å². The molecule has 0 aliphatic carbocycles. The summed E-state index contributed by atoms with van der Waals surface area (Å²) in [7, 11) is 4.11. The zero-order chi connectivity index (χ0) is 14.9. The third-order valence-electron chi connectivity index (χ3n) is 3.57. The van der Waals surface area contributed by atoms with E-state index >= 15 is 0 Å². The van der Waals surface area contributed by atoms with Gasteiger partial charge in [-0.3, -0.25) is 0 Å². The summed E-state index contributed by atoms with van der Waals surface area (Å²) in [6.45, 7) is 6.14. The van der Waals surface area contributed by atoms with Crippen LogP contribution in [0.15, 0.2) is 24.4 Å². The summed E-state index contributed by atoms with van der Waals surface area (Å²) in [4.78, 5) is 13.3. The van der Waals surface area contributed by atoms with Crippen LogP contribution in [0.4, 0.5) is 0 Å². The molecule has 0 aliphatic heterocycles. The highest BCUT2D eigenvalue weighted by atomic mass is 16.4. The molecule has 0 fully saturated rings. The highest BCUT2D eigenvalue weighted by Gasteiger charge is 2.13. The average molecular weight is 274 g/mol. The lowest BCUT2D eigenvalue weighted by Gasteiger charge is -2.11. The Labute approximate surface area is 119 Å². The van der Waals surface area contributed by atoms with Gasteiger partial charge in [-0.15, -0.1) is 0 Å². The van der Waals surface area contributed by atoms with Crippen LogP contribution in [0.2, 0.25) is 0 Å². The topological polar surface area (TPSA) is 45.5 Å². The van der Waals surface area contributed by atoms with Gasteiger partial charge in [-0.25, -0.2) is 4.79 Å². The van der Waals surface area contributed by atoms with Gasteiger partial charge >= 0.3 is 5.97 Å². The van der Waals surface area contributed by atoms with Crippen molar-refractivity contribution in [2.45, 2.75) is 26.3 Å². The Hall–Kier alpha value is -1.81. The van der Waals surface area contributed by atoms with E-state index in [1.54, 1.807) is 12.1 Å². The third-order valence-corrected chi connectivity index (χ3v) is 3.57. The highest BCUT2D eigenvalue weighted by Crippen LogP contribution is 2.28. The summed E-state index contributed by atoms with van der Waals surface area (Å²) in [5, 5.41) is 10.2. The molecule has 1 aromatic heterocycles. The molecule has 0 bridgehead atoms. The fraction of sp³-hybridized carbons (Fsp3) is 0.438. The summed E-state index contributed by atoms with van der Waals surface area (Å²) < 4.78 is 2.22. The number of carbonyl (C=O) groups is 1. The fourth-order valence-electron chi connectivity index (χ4n) is 2.41. The molecule has 0 saturated carbocycles. The number of hydrogen-bond acceptors (Lipinski definition) is 2. The van der Waals surface area contributed by atoms with Crippen molar-refractivity contribution in [2.24, 2.45) is 0 Å². The van der Waals surface area contributed by atoms with Gasteiger partial charge in [-0.1, -0.05) is 13.8 Å². The van der Waals surface area contributed by atoms with Gasteiger partial charge < -0.3 is 14.6 Å². The lowest BCUT2D eigenvalue weighted by molar-refractivity contribution is 0.0697. The Morgan fingerprint density at radius 1 is 1.35 bits per heavy atom. The smallest absolute Gasteiger partial charge is 0.335 e. The Morgan fingerprint density at radius 2 is 2.05 bits per heavy atom. The van der Waals surface area contributed by atoms with Crippen molar-refractivity contribution in [3.8, 4) is 0 Å². The number of aromatic carboxylic acids is 1. The van der Waals surface area contributed by atoms with E-state index in [1.165, 1.54) is 5.56 Å². The van der Waals surface area contributed by atoms with Gasteiger partial charge in [-0.2, -0.15) is 0 Å². The van der Waals surface area contributed by atoms with Crippen LogP contribution in [-0.2, 0) is 6.54 Å². The van der Waals surface area contributed by atoms with Crippen LogP contribution < -0.4 is 0 Å². The molecule has 2 aromatic rings. The minimum absolute atomic E-state index is 0.352. The summed E-state index contributed by atoms with van der Waals surface area (Å²) in [5.41, 5.74) is 2.67. The Bertz CT molecular complexity index is 627. The maximum Gasteiger partial charge on any atom is 0.335 e. The Morgan fingerprint density at radius 3 is 2.60 bits per heavy atom. The summed E-state index contributed by atoms with van der Waals surface area (Å²) in [6, 6.07) is 5.39. The Kier molecular flexibility index (Phi) is 4.14. The number of aromatic nitrogens is 1. The maximum absolute atomic E-state index is 11.1. The first kappa shape index (κ1) is 14.6. The fourth-order valence-corrected chi connectivity index (χ4v) is 2.41. The van der Waals surface area contributed by atoms with Crippen molar-refractivity contribution in [3.05, 3.63) is 35.5 Å². The SMILES string of the molecule is CC(C)c1cn(CCN(C)C)c2ccc(C(=O)O)cc12. The molecule has 0 unspecified atom stereocenters. The second kappa shape index (κ2) is 5.67. The molecule has 20 heavy (non-hydrogen) atoms.